The summed E-state index contributed by atoms with van der Waals surface area (Å²) in [7, 11) is 0.919. The SMILES string of the molecule is CNCCN(C)c1cc(OC)ccc1Nc1cc(F)c(S(=O)(=O)Nc2ncc(F)s2)cc1Cl.Cl. The van der Waals surface area contributed by atoms with Crippen LogP contribution < -0.4 is 25.0 Å². The maximum absolute atomic E-state index is 14.8. The third kappa shape index (κ3) is 6.60. The fourth-order valence-electron chi connectivity index (χ4n) is 2.91. The first-order valence-corrected chi connectivity index (χ1v) is 12.3. The van der Waals surface area contributed by atoms with E-state index in [9.17, 15) is 17.2 Å². The zero-order valence-electron chi connectivity index (χ0n) is 18.4. The van der Waals surface area contributed by atoms with Crippen molar-refractivity contribution in [2.75, 3.05) is 49.2 Å². The number of hydrogen-bond acceptors (Lipinski definition) is 8. The van der Waals surface area contributed by atoms with Gasteiger partial charge >= 0.3 is 0 Å². The van der Waals surface area contributed by atoms with Gasteiger partial charge in [-0.25, -0.2) is 17.8 Å². The lowest BCUT2D eigenvalue weighted by Gasteiger charge is -2.24. The molecular weight excluding hydrogens is 531 g/mol. The number of hydrogen-bond donors (Lipinski definition) is 3. The van der Waals surface area contributed by atoms with E-state index in [2.05, 4.69) is 15.6 Å². The minimum atomic E-state index is -4.37. The molecule has 3 N–H and O–H groups in total. The number of nitrogens with one attached hydrogen (secondary N) is 3. The number of likely N-dealkylation sites (N-methyl/N-ethyl adjacent to an activating group) is 2. The molecule has 0 aliphatic carbocycles. The summed E-state index contributed by atoms with van der Waals surface area (Å²) in [6.45, 7) is 1.41. The van der Waals surface area contributed by atoms with E-state index in [1.165, 1.54) is 0 Å². The molecule has 0 aliphatic heterocycles. The zero-order chi connectivity index (χ0) is 24.2. The van der Waals surface area contributed by atoms with E-state index in [0.29, 0.717) is 29.3 Å². The Kier molecular flexibility index (Phi) is 9.71. The van der Waals surface area contributed by atoms with Crippen LogP contribution in [-0.2, 0) is 10.0 Å². The highest BCUT2D eigenvalue weighted by atomic mass is 35.5. The molecule has 0 saturated heterocycles. The van der Waals surface area contributed by atoms with E-state index in [0.717, 1.165) is 30.6 Å². The highest BCUT2D eigenvalue weighted by Crippen LogP contribution is 2.36. The number of ether oxygens (including phenoxy) is 1. The van der Waals surface area contributed by atoms with Gasteiger partial charge in [0.25, 0.3) is 10.0 Å². The number of thiazole rings is 1. The van der Waals surface area contributed by atoms with Crippen LogP contribution in [0.25, 0.3) is 0 Å². The van der Waals surface area contributed by atoms with Gasteiger partial charge in [-0.2, -0.15) is 4.39 Å². The normalized spacial score (nSPS) is 11.0. The average Bonchev–Trinajstić information content (AvgIpc) is 3.18. The molecule has 0 spiro atoms. The van der Waals surface area contributed by atoms with Gasteiger partial charge in [0, 0.05) is 32.3 Å². The van der Waals surface area contributed by atoms with Gasteiger partial charge in [-0.15, -0.1) is 12.4 Å². The van der Waals surface area contributed by atoms with Gasteiger partial charge in [0.2, 0.25) is 0 Å². The topological polar surface area (TPSA) is 95.6 Å². The second kappa shape index (κ2) is 11.8. The Hall–Kier alpha value is -2.38. The molecular formula is C20H23Cl2F2N5O3S2. The molecule has 0 saturated carbocycles. The summed E-state index contributed by atoms with van der Waals surface area (Å²) in [4.78, 5) is 4.87. The van der Waals surface area contributed by atoms with Crippen molar-refractivity contribution in [1.82, 2.24) is 10.3 Å². The van der Waals surface area contributed by atoms with Gasteiger partial charge in [0.1, 0.15) is 16.5 Å². The summed E-state index contributed by atoms with van der Waals surface area (Å²) in [5, 5.41) is 5.20. The van der Waals surface area contributed by atoms with Crippen molar-refractivity contribution in [3.05, 3.63) is 52.5 Å². The summed E-state index contributed by atoms with van der Waals surface area (Å²) in [5.41, 5.74) is 1.55. The monoisotopic (exact) mass is 553 g/mol. The highest BCUT2D eigenvalue weighted by Gasteiger charge is 2.23. The van der Waals surface area contributed by atoms with Crippen molar-refractivity contribution in [1.29, 1.82) is 0 Å². The number of sulfonamides is 1. The molecule has 0 fully saturated rings. The maximum Gasteiger partial charge on any atom is 0.266 e. The molecule has 1 aromatic heterocycles. The van der Waals surface area contributed by atoms with Gasteiger partial charge in [0.15, 0.2) is 10.3 Å². The zero-order valence-corrected chi connectivity index (χ0v) is 21.6. The largest absolute Gasteiger partial charge is 0.497 e. The van der Waals surface area contributed by atoms with Gasteiger partial charge in [-0.1, -0.05) is 22.9 Å². The summed E-state index contributed by atoms with van der Waals surface area (Å²) in [5.74, 6) is -0.402. The minimum Gasteiger partial charge on any atom is -0.497 e. The number of benzene rings is 2. The molecule has 0 atom stereocenters. The van der Waals surface area contributed by atoms with Crippen LogP contribution in [0, 0.1) is 10.9 Å². The lowest BCUT2D eigenvalue weighted by molar-refractivity contribution is 0.415. The first-order chi connectivity index (χ1) is 15.6. The van der Waals surface area contributed by atoms with Gasteiger partial charge < -0.3 is 20.3 Å². The standard InChI is InChI=1S/C20H22ClF2N5O3S2.ClH/c1-24-6-7-28(2)17-8-12(31-3)4-5-15(17)26-16-10-14(22)18(9-13(16)21)33(29,30)27-20-25-11-19(23)32-20;/h4-5,8-11,24,26H,6-7H2,1-3H3,(H,25,27);1H. The van der Waals surface area contributed by atoms with Crippen molar-refractivity contribution in [3.8, 4) is 5.75 Å². The van der Waals surface area contributed by atoms with Crippen LogP contribution in [0.2, 0.25) is 5.02 Å². The predicted molar refractivity (Wildman–Crippen MR) is 135 cm³/mol. The van der Waals surface area contributed by atoms with E-state index in [4.69, 9.17) is 16.3 Å². The smallest absolute Gasteiger partial charge is 0.266 e. The molecule has 186 valence electrons. The van der Waals surface area contributed by atoms with E-state index in [1.807, 2.05) is 29.8 Å². The van der Waals surface area contributed by atoms with Crippen LogP contribution in [-0.4, -0.2) is 47.7 Å². The van der Waals surface area contributed by atoms with Crippen molar-refractivity contribution in [2.45, 2.75) is 4.90 Å². The average molecular weight is 554 g/mol. The van der Waals surface area contributed by atoms with Crippen LogP contribution in [0.15, 0.2) is 41.4 Å². The summed E-state index contributed by atoms with van der Waals surface area (Å²) in [6.07, 6.45) is 0.860. The first kappa shape index (κ1) is 27.9. The van der Waals surface area contributed by atoms with Gasteiger partial charge in [-0.05, 0) is 25.2 Å². The Labute approximate surface area is 211 Å². The van der Waals surface area contributed by atoms with Crippen LogP contribution >= 0.6 is 35.3 Å². The molecule has 0 unspecified atom stereocenters. The Morgan fingerprint density at radius 3 is 2.56 bits per heavy atom. The molecule has 0 amide bonds. The second-order valence-electron chi connectivity index (χ2n) is 6.87. The summed E-state index contributed by atoms with van der Waals surface area (Å²) in [6, 6.07) is 7.28. The number of halogens is 4. The number of methoxy groups -OCH3 is 1. The van der Waals surface area contributed by atoms with E-state index < -0.39 is 25.9 Å². The molecule has 3 rings (SSSR count). The lowest BCUT2D eigenvalue weighted by atomic mass is 10.2. The Balaban J connectivity index is 0.00000408. The first-order valence-electron chi connectivity index (χ1n) is 9.58. The molecule has 0 bridgehead atoms. The molecule has 8 nitrogen and oxygen atoms in total. The predicted octanol–water partition coefficient (Wildman–Crippen LogP) is 4.71. The van der Waals surface area contributed by atoms with Crippen LogP contribution in [0.5, 0.6) is 5.75 Å². The fourth-order valence-corrected chi connectivity index (χ4v) is 5.05. The Morgan fingerprint density at radius 2 is 1.94 bits per heavy atom. The lowest BCUT2D eigenvalue weighted by Crippen LogP contribution is -2.27. The van der Waals surface area contributed by atoms with Crippen LogP contribution in [0.4, 0.5) is 31.0 Å². The number of aromatic nitrogens is 1. The van der Waals surface area contributed by atoms with Gasteiger partial charge in [-0.3, -0.25) is 4.72 Å². The molecule has 2 aromatic carbocycles. The van der Waals surface area contributed by atoms with Crippen molar-refractivity contribution < 1.29 is 21.9 Å². The quantitative estimate of drug-likeness (QED) is 0.334. The van der Waals surface area contributed by atoms with Crippen LogP contribution in [0.3, 0.4) is 0 Å². The molecule has 1 heterocycles. The third-order valence-corrected chi connectivity index (χ3v) is 7.09. The van der Waals surface area contributed by atoms with Crippen molar-refractivity contribution in [3.63, 3.8) is 0 Å². The Morgan fingerprint density at radius 1 is 1.21 bits per heavy atom. The highest BCUT2D eigenvalue weighted by molar-refractivity contribution is 7.93. The minimum absolute atomic E-state index is 0. The van der Waals surface area contributed by atoms with E-state index in [-0.39, 0.29) is 28.2 Å². The maximum atomic E-state index is 14.8. The van der Waals surface area contributed by atoms with E-state index >= 15 is 0 Å². The van der Waals surface area contributed by atoms with Crippen molar-refractivity contribution >= 4 is 67.6 Å². The molecule has 14 heteroatoms. The summed E-state index contributed by atoms with van der Waals surface area (Å²) < 4.78 is 60.4. The number of anilines is 4. The number of rotatable bonds is 10. The van der Waals surface area contributed by atoms with Crippen molar-refractivity contribution in [2.24, 2.45) is 0 Å². The fraction of sp³-hybridized carbons (Fsp3) is 0.250. The van der Waals surface area contributed by atoms with Crippen LogP contribution in [0.1, 0.15) is 0 Å². The number of nitrogens with zero attached hydrogens (tertiary/aromatic N) is 2. The van der Waals surface area contributed by atoms with E-state index in [1.54, 1.807) is 19.2 Å². The molecule has 34 heavy (non-hydrogen) atoms. The Bertz CT molecular complexity index is 1240. The molecule has 3 aromatic rings. The molecule has 0 aliphatic rings. The third-order valence-electron chi connectivity index (χ3n) is 4.59. The molecule has 0 radical (unpaired) electrons. The second-order valence-corrected chi connectivity index (χ2v) is 9.91. The van der Waals surface area contributed by atoms with Gasteiger partial charge in [0.05, 0.1) is 35.4 Å². The summed E-state index contributed by atoms with van der Waals surface area (Å²) >= 11 is 6.78.